The maximum Gasteiger partial charge on any atom is 0.194 e. The summed E-state index contributed by atoms with van der Waals surface area (Å²) < 4.78 is 0. The van der Waals surface area contributed by atoms with Gasteiger partial charge in [-0.1, -0.05) is 6.07 Å². The predicted molar refractivity (Wildman–Crippen MR) is 92.3 cm³/mol. The van der Waals surface area contributed by atoms with Crippen LogP contribution in [0.2, 0.25) is 0 Å². The van der Waals surface area contributed by atoms with E-state index in [0.29, 0.717) is 6.54 Å². The van der Waals surface area contributed by atoms with Crippen molar-refractivity contribution in [3.63, 3.8) is 0 Å². The SMILES string of the molecule is CCNC(=NCc1scnc1C)N(C)CCc1cccs1. The summed E-state index contributed by atoms with van der Waals surface area (Å²) in [6.07, 6.45) is 1.05. The summed E-state index contributed by atoms with van der Waals surface area (Å²) >= 11 is 3.48. The second kappa shape index (κ2) is 8.14. The van der Waals surface area contributed by atoms with E-state index >= 15 is 0 Å². The summed E-state index contributed by atoms with van der Waals surface area (Å²) in [4.78, 5) is 13.8. The Kier molecular flexibility index (Phi) is 6.20. The van der Waals surface area contributed by atoms with Crippen LogP contribution in [0.15, 0.2) is 28.0 Å². The van der Waals surface area contributed by atoms with Gasteiger partial charge in [-0.25, -0.2) is 9.98 Å². The third-order valence-corrected chi connectivity index (χ3v) is 5.04. The number of nitrogens with one attached hydrogen (secondary N) is 1. The lowest BCUT2D eigenvalue weighted by molar-refractivity contribution is 0.486. The van der Waals surface area contributed by atoms with Gasteiger partial charge in [-0.2, -0.15) is 0 Å². The van der Waals surface area contributed by atoms with Gasteiger partial charge in [-0.05, 0) is 31.7 Å². The summed E-state index contributed by atoms with van der Waals surface area (Å²) in [5, 5.41) is 5.48. The number of aromatic nitrogens is 1. The first-order valence-corrected chi connectivity index (χ1v) is 8.87. The molecule has 2 rings (SSSR count). The van der Waals surface area contributed by atoms with Crippen LogP contribution in [-0.4, -0.2) is 36.0 Å². The molecule has 0 aliphatic heterocycles. The quantitative estimate of drug-likeness (QED) is 0.656. The van der Waals surface area contributed by atoms with Crippen molar-refractivity contribution in [2.45, 2.75) is 26.8 Å². The number of aliphatic imine (C=N–C) groups is 1. The lowest BCUT2D eigenvalue weighted by atomic mass is 10.3. The third-order valence-electron chi connectivity index (χ3n) is 3.19. The average Bonchev–Trinajstić information content (AvgIpc) is 3.12. The molecule has 0 aliphatic rings. The Balaban J connectivity index is 1.94. The van der Waals surface area contributed by atoms with Crippen LogP contribution in [0, 0.1) is 6.92 Å². The van der Waals surface area contributed by atoms with Gasteiger partial charge in [-0.15, -0.1) is 22.7 Å². The molecule has 0 fully saturated rings. The Bertz CT molecular complexity index is 560. The lowest BCUT2D eigenvalue weighted by Crippen LogP contribution is -2.39. The first-order chi connectivity index (χ1) is 10.2. The zero-order valence-electron chi connectivity index (χ0n) is 12.8. The first-order valence-electron chi connectivity index (χ1n) is 7.11. The average molecular weight is 323 g/mol. The first kappa shape index (κ1) is 16.0. The van der Waals surface area contributed by atoms with Crippen molar-refractivity contribution >= 4 is 28.6 Å². The van der Waals surface area contributed by atoms with Crippen LogP contribution in [0.3, 0.4) is 0 Å². The molecule has 0 aliphatic carbocycles. The number of thiazole rings is 1. The van der Waals surface area contributed by atoms with Crippen molar-refractivity contribution in [3.05, 3.63) is 38.5 Å². The van der Waals surface area contributed by atoms with Crippen LogP contribution < -0.4 is 5.32 Å². The molecule has 6 heteroatoms. The van der Waals surface area contributed by atoms with Gasteiger partial charge in [0.1, 0.15) is 0 Å². The molecule has 1 N–H and O–H groups in total. The Morgan fingerprint density at radius 3 is 2.90 bits per heavy atom. The zero-order valence-corrected chi connectivity index (χ0v) is 14.4. The van der Waals surface area contributed by atoms with Gasteiger partial charge < -0.3 is 10.2 Å². The van der Waals surface area contributed by atoms with Crippen LogP contribution in [0.4, 0.5) is 0 Å². The highest BCUT2D eigenvalue weighted by Gasteiger charge is 2.07. The second-order valence-electron chi connectivity index (χ2n) is 4.78. The molecule has 2 aromatic heterocycles. The number of nitrogens with zero attached hydrogens (tertiary/aromatic N) is 3. The number of guanidine groups is 1. The Morgan fingerprint density at radius 1 is 1.43 bits per heavy atom. The van der Waals surface area contributed by atoms with Crippen molar-refractivity contribution in [3.8, 4) is 0 Å². The predicted octanol–water partition coefficient (Wildman–Crippen LogP) is 3.15. The van der Waals surface area contributed by atoms with E-state index in [1.807, 2.05) is 23.8 Å². The van der Waals surface area contributed by atoms with Crippen LogP contribution in [-0.2, 0) is 13.0 Å². The number of rotatable bonds is 6. The van der Waals surface area contributed by atoms with Gasteiger partial charge in [0.05, 0.1) is 17.7 Å². The summed E-state index contributed by atoms with van der Waals surface area (Å²) in [6, 6.07) is 4.29. The number of thiophene rings is 1. The number of aryl methyl sites for hydroxylation is 1. The molecule has 0 saturated heterocycles. The Morgan fingerprint density at radius 2 is 2.29 bits per heavy atom. The topological polar surface area (TPSA) is 40.5 Å². The maximum atomic E-state index is 4.72. The molecule has 2 aromatic rings. The molecular formula is C15H22N4S2. The molecule has 0 unspecified atom stereocenters. The van der Waals surface area contributed by atoms with Crippen molar-refractivity contribution < 1.29 is 0 Å². The molecule has 4 nitrogen and oxygen atoms in total. The number of hydrogen-bond acceptors (Lipinski definition) is 4. The fourth-order valence-corrected chi connectivity index (χ4v) is 3.33. The zero-order chi connectivity index (χ0) is 15.1. The summed E-state index contributed by atoms with van der Waals surface area (Å²) in [5.74, 6) is 0.960. The summed E-state index contributed by atoms with van der Waals surface area (Å²) in [7, 11) is 2.09. The highest BCUT2D eigenvalue weighted by atomic mass is 32.1. The molecule has 0 bridgehead atoms. The highest BCUT2D eigenvalue weighted by Crippen LogP contribution is 2.13. The monoisotopic (exact) mass is 322 g/mol. The second-order valence-corrected chi connectivity index (χ2v) is 6.75. The highest BCUT2D eigenvalue weighted by molar-refractivity contribution is 7.10. The Hall–Kier alpha value is -1.40. The molecular weight excluding hydrogens is 300 g/mol. The van der Waals surface area contributed by atoms with Gasteiger partial charge >= 0.3 is 0 Å². The van der Waals surface area contributed by atoms with E-state index in [1.54, 1.807) is 11.3 Å². The fraction of sp³-hybridized carbons (Fsp3) is 0.467. The van der Waals surface area contributed by atoms with E-state index < -0.39 is 0 Å². The van der Waals surface area contributed by atoms with Crippen molar-refractivity contribution in [1.29, 1.82) is 0 Å². The van der Waals surface area contributed by atoms with Crippen LogP contribution in [0.5, 0.6) is 0 Å². The third kappa shape index (κ3) is 4.82. The molecule has 0 spiro atoms. The van der Waals surface area contributed by atoms with E-state index in [0.717, 1.165) is 31.2 Å². The normalized spacial score (nSPS) is 11.7. The van der Waals surface area contributed by atoms with Gasteiger partial charge in [0.2, 0.25) is 0 Å². The minimum absolute atomic E-state index is 0.697. The molecule has 21 heavy (non-hydrogen) atoms. The molecule has 0 aromatic carbocycles. The van der Waals surface area contributed by atoms with Gasteiger partial charge in [-0.3, -0.25) is 0 Å². The van der Waals surface area contributed by atoms with Crippen molar-refractivity contribution in [1.82, 2.24) is 15.2 Å². The smallest absolute Gasteiger partial charge is 0.194 e. The van der Waals surface area contributed by atoms with Crippen molar-refractivity contribution in [2.24, 2.45) is 4.99 Å². The lowest BCUT2D eigenvalue weighted by Gasteiger charge is -2.21. The van der Waals surface area contributed by atoms with Crippen molar-refractivity contribution in [2.75, 3.05) is 20.1 Å². The maximum absolute atomic E-state index is 4.72. The van der Waals surface area contributed by atoms with Gasteiger partial charge in [0, 0.05) is 29.9 Å². The molecule has 0 radical (unpaired) electrons. The van der Waals surface area contributed by atoms with E-state index in [2.05, 4.69) is 46.7 Å². The van der Waals surface area contributed by atoms with Gasteiger partial charge in [0.15, 0.2) is 5.96 Å². The van der Waals surface area contributed by atoms with E-state index in [4.69, 9.17) is 4.99 Å². The van der Waals surface area contributed by atoms with E-state index in [1.165, 1.54) is 9.75 Å². The fourth-order valence-electron chi connectivity index (χ4n) is 1.93. The molecule has 114 valence electrons. The molecule has 0 atom stereocenters. The molecule has 0 saturated carbocycles. The van der Waals surface area contributed by atoms with Crippen LogP contribution in [0.1, 0.15) is 22.4 Å². The van der Waals surface area contributed by atoms with Crippen LogP contribution >= 0.6 is 22.7 Å². The summed E-state index contributed by atoms with van der Waals surface area (Å²) in [5.41, 5.74) is 2.97. The number of hydrogen-bond donors (Lipinski definition) is 1. The largest absolute Gasteiger partial charge is 0.357 e. The minimum atomic E-state index is 0.697. The van der Waals surface area contributed by atoms with E-state index in [-0.39, 0.29) is 0 Å². The molecule has 2 heterocycles. The van der Waals surface area contributed by atoms with Crippen LogP contribution in [0.25, 0.3) is 0 Å². The van der Waals surface area contributed by atoms with Gasteiger partial charge in [0.25, 0.3) is 0 Å². The molecule has 0 amide bonds. The standard InChI is InChI=1S/C15H22N4S2/c1-4-16-15(17-10-14-12(2)18-11-21-14)19(3)8-7-13-6-5-9-20-13/h5-6,9,11H,4,7-8,10H2,1-3H3,(H,16,17). The summed E-state index contributed by atoms with van der Waals surface area (Å²) in [6.45, 7) is 6.68. The Labute approximate surface area is 134 Å². The number of likely N-dealkylation sites (N-methyl/N-ethyl adjacent to an activating group) is 1. The van der Waals surface area contributed by atoms with E-state index in [9.17, 15) is 0 Å². The minimum Gasteiger partial charge on any atom is -0.357 e.